The minimum atomic E-state index is -0.435. The number of nitrogen functional groups attached to an aromatic ring is 1. The van der Waals surface area contributed by atoms with Crippen molar-refractivity contribution >= 4 is 17.6 Å². The molecule has 3 N–H and O–H groups in total. The van der Waals surface area contributed by atoms with E-state index in [1.54, 1.807) is 4.68 Å². The molecule has 0 aromatic carbocycles. The summed E-state index contributed by atoms with van der Waals surface area (Å²) in [6.07, 6.45) is 5.94. The Morgan fingerprint density at radius 1 is 1.47 bits per heavy atom. The third-order valence-corrected chi connectivity index (χ3v) is 3.63. The van der Waals surface area contributed by atoms with E-state index in [4.69, 9.17) is 10.5 Å². The fourth-order valence-corrected chi connectivity index (χ4v) is 2.56. The van der Waals surface area contributed by atoms with Crippen molar-refractivity contribution in [3.8, 4) is 0 Å². The summed E-state index contributed by atoms with van der Waals surface area (Å²) in [6, 6.07) is 0.372. The number of aryl methyl sites for hydroxylation is 1. The zero-order chi connectivity index (χ0) is 13.8. The molecule has 1 saturated carbocycles. The first-order chi connectivity index (χ1) is 9.17. The molecule has 19 heavy (non-hydrogen) atoms. The van der Waals surface area contributed by atoms with Gasteiger partial charge in [0.15, 0.2) is 5.82 Å². The van der Waals surface area contributed by atoms with E-state index in [0.717, 1.165) is 12.8 Å². The summed E-state index contributed by atoms with van der Waals surface area (Å²) in [5.41, 5.74) is 6.31. The van der Waals surface area contributed by atoms with Crippen molar-refractivity contribution in [2.75, 3.05) is 18.2 Å². The third kappa shape index (κ3) is 2.83. The fourth-order valence-electron chi connectivity index (χ4n) is 2.56. The lowest BCUT2D eigenvalue weighted by atomic mass is 9.95. The third-order valence-electron chi connectivity index (χ3n) is 3.63. The van der Waals surface area contributed by atoms with Gasteiger partial charge < -0.3 is 15.8 Å². The van der Waals surface area contributed by atoms with E-state index in [1.807, 2.05) is 6.92 Å². The number of anilines is 2. The lowest BCUT2D eigenvalue weighted by Gasteiger charge is -2.22. The Labute approximate surface area is 113 Å². The first kappa shape index (κ1) is 13.7. The fraction of sp³-hybridized carbons (Fsp3) is 0.692. The van der Waals surface area contributed by atoms with Gasteiger partial charge in [0.1, 0.15) is 11.4 Å². The number of nitrogens with zero attached hydrogens (tertiary/aromatic N) is 2. The number of rotatable bonds is 4. The zero-order valence-corrected chi connectivity index (χ0v) is 11.6. The van der Waals surface area contributed by atoms with Crippen LogP contribution in [0.1, 0.15) is 49.4 Å². The van der Waals surface area contributed by atoms with Crippen molar-refractivity contribution in [1.82, 2.24) is 9.78 Å². The molecule has 6 nitrogen and oxygen atoms in total. The van der Waals surface area contributed by atoms with Gasteiger partial charge >= 0.3 is 5.97 Å². The predicted octanol–water partition coefficient (Wildman–Crippen LogP) is 2.02. The molecule has 6 heteroatoms. The van der Waals surface area contributed by atoms with Crippen LogP contribution in [-0.2, 0) is 11.3 Å². The maximum Gasteiger partial charge on any atom is 0.345 e. The van der Waals surface area contributed by atoms with Crippen LogP contribution in [0, 0.1) is 0 Å². The van der Waals surface area contributed by atoms with Crippen LogP contribution in [0.4, 0.5) is 11.6 Å². The van der Waals surface area contributed by atoms with Crippen LogP contribution in [0.25, 0.3) is 0 Å². The van der Waals surface area contributed by atoms with Gasteiger partial charge in [-0.2, -0.15) is 5.10 Å². The van der Waals surface area contributed by atoms with Crippen LogP contribution in [0.5, 0.6) is 0 Å². The Bertz CT molecular complexity index is 450. The van der Waals surface area contributed by atoms with Gasteiger partial charge in [-0.3, -0.25) is 0 Å². The van der Waals surface area contributed by atoms with Gasteiger partial charge in [-0.15, -0.1) is 0 Å². The van der Waals surface area contributed by atoms with E-state index in [2.05, 4.69) is 10.4 Å². The number of carbonyl (C=O) groups is 1. The SMILES string of the molecule is CCn1nc(NC2CCCCC2)c(C(=O)OC)c1N. The molecule has 1 fully saturated rings. The number of methoxy groups -OCH3 is 1. The number of hydrogen-bond donors (Lipinski definition) is 2. The molecule has 1 aliphatic rings. The number of hydrogen-bond acceptors (Lipinski definition) is 5. The number of nitrogens with one attached hydrogen (secondary N) is 1. The lowest BCUT2D eigenvalue weighted by molar-refractivity contribution is 0.0603. The molecule has 1 heterocycles. The summed E-state index contributed by atoms with van der Waals surface area (Å²) < 4.78 is 6.41. The molecule has 0 spiro atoms. The smallest absolute Gasteiger partial charge is 0.345 e. The van der Waals surface area contributed by atoms with E-state index in [-0.39, 0.29) is 0 Å². The van der Waals surface area contributed by atoms with Gasteiger partial charge in [0, 0.05) is 12.6 Å². The van der Waals surface area contributed by atoms with E-state index in [1.165, 1.54) is 26.4 Å². The van der Waals surface area contributed by atoms with Crippen LogP contribution in [0.3, 0.4) is 0 Å². The van der Waals surface area contributed by atoms with Crippen LogP contribution in [0.15, 0.2) is 0 Å². The molecule has 0 unspecified atom stereocenters. The Balaban J connectivity index is 2.24. The van der Waals surface area contributed by atoms with Crippen molar-refractivity contribution in [1.29, 1.82) is 0 Å². The second-order valence-corrected chi connectivity index (χ2v) is 4.90. The molecule has 1 aromatic heterocycles. The predicted molar refractivity (Wildman–Crippen MR) is 74.1 cm³/mol. The Kier molecular flexibility index (Phi) is 4.29. The largest absolute Gasteiger partial charge is 0.465 e. The maximum atomic E-state index is 11.8. The molecule has 2 rings (SSSR count). The molecule has 1 aliphatic carbocycles. The summed E-state index contributed by atoms with van der Waals surface area (Å²) >= 11 is 0. The van der Waals surface area contributed by atoms with Crippen molar-refractivity contribution in [3.05, 3.63) is 5.56 Å². The normalized spacial score (nSPS) is 16.3. The topological polar surface area (TPSA) is 82.2 Å². The van der Waals surface area contributed by atoms with Gasteiger partial charge in [0.2, 0.25) is 0 Å². The van der Waals surface area contributed by atoms with Gasteiger partial charge in [-0.25, -0.2) is 9.48 Å². The van der Waals surface area contributed by atoms with Gasteiger partial charge in [0.25, 0.3) is 0 Å². The molecule has 0 radical (unpaired) electrons. The van der Waals surface area contributed by atoms with E-state index < -0.39 is 5.97 Å². The first-order valence-electron chi connectivity index (χ1n) is 6.88. The van der Waals surface area contributed by atoms with Gasteiger partial charge in [0.05, 0.1) is 7.11 Å². The molecular weight excluding hydrogens is 244 g/mol. The van der Waals surface area contributed by atoms with Crippen LogP contribution < -0.4 is 11.1 Å². The summed E-state index contributed by atoms with van der Waals surface area (Å²) in [7, 11) is 1.36. The van der Waals surface area contributed by atoms with E-state index in [9.17, 15) is 4.79 Å². The highest BCUT2D eigenvalue weighted by atomic mass is 16.5. The Morgan fingerprint density at radius 3 is 2.74 bits per heavy atom. The number of ether oxygens (including phenoxy) is 1. The van der Waals surface area contributed by atoms with Crippen LogP contribution in [0.2, 0.25) is 0 Å². The number of carbonyl (C=O) groups excluding carboxylic acids is 1. The minimum Gasteiger partial charge on any atom is -0.465 e. The maximum absolute atomic E-state index is 11.8. The molecule has 0 atom stereocenters. The quantitative estimate of drug-likeness (QED) is 0.815. The van der Waals surface area contributed by atoms with Crippen molar-refractivity contribution in [2.45, 2.75) is 51.6 Å². The molecule has 0 amide bonds. The molecule has 1 aromatic rings. The van der Waals surface area contributed by atoms with Crippen molar-refractivity contribution in [2.24, 2.45) is 0 Å². The average Bonchev–Trinajstić information content (AvgIpc) is 2.75. The molecule has 0 aliphatic heterocycles. The average molecular weight is 266 g/mol. The highest BCUT2D eigenvalue weighted by Gasteiger charge is 2.24. The lowest BCUT2D eigenvalue weighted by Crippen LogP contribution is -2.23. The van der Waals surface area contributed by atoms with Gasteiger partial charge in [-0.05, 0) is 19.8 Å². The second-order valence-electron chi connectivity index (χ2n) is 4.90. The number of esters is 1. The van der Waals surface area contributed by atoms with Gasteiger partial charge in [-0.1, -0.05) is 19.3 Å². The number of aromatic nitrogens is 2. The second kappa shape index (κ2) is 5.95. The molecule has 0 saturated heterocycles. The molecule has 0 bridgehead atoms. The Hall–Kier alpha value is -1.72. The molecular formula is C13H22N4O2. The summed E-state index contributed by atoms with van der Waals surface area (Å²) in [4.78, 5) is 11.8. The van der Waals surface area contributed by atoms with Crippen molar-refractivity contribution < 1.29 is 9.53 Å². The summed E-state index contributed by atoms with van der Waals surface area (Å²) in [5.74, 6) is 0.487. The number of nitrogens with two attached hydrogens (primary N) is 1. The highest BCUT2D eigenvalue weighted by molar-refractivity contribution is 5.99. The minimum absolute atomic E-state index is 0.356. The van der Waals surface area contributed by atoms with Crippen LogP contribution >= 0.6 is 0 Å². The monoisotopic (exact) mass is 266 g/mol. The summed E-state index contributed by atoms with van der Waals surface area (Å²) in [6.45, 7) is 2.57. The summed E-state index contributed by atoms with van der Waals surface area (Å²) in [5, 5.41) is 7.72. The van der Waals surface area contributed by atoms with E-state index >= 15 is 0 Å². The standard InChI is InChI=1S/C13H22N4O2/c1-3-17-11(14)10(13(18)19-2)12(16-17)15-9-7-5-4-6-8-9/h9H,3-8,14H2,1-2H3,(H,15,16). The first-order valence-corrected chi connectivity index (χ1v) is 6.88. The molecule has 106 valence electrons. The Morgan fingerprint density at radius 2 is 2.16 bits per heavy atom. The highest BCUT2D eigenvalue weighted by Crippen LogP contribution is 2.26. The zero-order valence-electron chi connectivity index (χ0n) is 11.6. The van der Waals surface area contributed by atoms with Crippen LogP contribution in [-0.4, -0.2) is 28.9 Å². The van der Waals surface area contributed by atoms with E-state index in [0.29, 0.717) is 29.8 Å². The van der Waals surface area contributed by atoms with Crippen molar-refractivity contribution in [3.63, 3.8) is 0 Å².